The van der Waals surface area contributed by atoms with Gasteiger partial charge in [0, 0.05) is 18.5 Å². The molecule has 0 aliphatic carbocycles. The Morgan fingerprint density at radius 2 is 1.56 bits per heavy atom. The number of carbonyl (C=O) groups is 2. The van der Waals surface area contributed by atoms with E-state index < -0.39 is 28.5 Å². The fraction of sp³-hybridized carbons (Fsp3) is 0.308. The molecule has 3 aromatic rings. The molecule has 1 N–H and O–H groups in total. The van der Waals surface area contributed by atoms with Gasteiger partial charge in [-0.15, -0.1) is 0 Å². The van der Waals surface area contributed by atoms with Gasteiger partial charge in [0.2, 0.25) is 21.8 Å². The zero-order chi connectivity index (χ0) is 24.7. The Hall–Kier alpha value is -3.39. The molecule has 0 heterocycles. The Kier molecular flexibility index (Phi) is 8.28. The summed E-state index contributed by atoms with van der Waals surface area (Å²) in [5.41, 5.74) is 1.29. The van der Waals surface area contributed by atoms with Crippen molar-refractivity contribution in [3.8, 4) is 0 Å². The van der Waals surface area contributed by atoms with Crippen molar-refractivity contribution in [2.24, 2.45) is 0 Å². The van der Waals surface area contributed by atoms with Crippen LogP contribution in [0.15, 0.2) is 72.8 Å². The number of carbonyl (C=O) groups excluding carboxylic acids is 2. The molecule has 0 aromatic heterocycles. The molecule has 0 aliphatic rings. The molecule has 0 spiro atoms. The maximum atomic E-state index is 13.7. The largest absolute Gasteiger partial charge is 0.355 e. The number of hydrogen-bond donors (Lipinski definition) is 1. The average Bonchev–Trinajstić information content (AvgIpc) is 2.82. The third-order valence-electron chi connectivity index (χ3n) is 5.65. The molecule has 0 unspecified atom stereocenters. The molecule has 1 atom stereocenters. The number of fused-ring (bicyclic) bond motifs is 1. The molecule has 0 bridgehead atoms. The highest BCUT2D eigenvalue weighted by molar-refractivity contribution is 7.92. The second kappa shape index (κ2) is 11.2. The van der Waals surface area contributed by atoms with Crippen molar-refractivity contribution < 1.29 is 18.0 Å². The van der Waals surface area contributed by atoms with Crippen LogP contribution in [0.2, 0.25) is 0 Å². The third-order valence-corrected chi connectivity index (χ3v) is 6.77. The van der Waals surface area contributed by atoms with Gasteiger partial charge in [0.15, 0.2) is 0 Å². The van der Waals surface area contributed by atoms with E-state index >= 15 is 0 Å². The molecule has 0 radical (unpaired) electrons. The minimum absolute atomic E-state index is 0.197. The number of sulfonamides is 1. The second-order valence-electron chi connectivity index (χ2n) is 8.09. The Labute approximate surface area is 201 Å². The number of amides is 2. The third kappa shape index (κ3) is 5.94. The summed E-state index contributed by atoms with van der Waals surface area (Å²) < 4.78 is 26.8. The average molecular weight is 482 g/mol. The highest BCUT2D eigenvalue weighted by Gasteiger charge is 2.31. The van der Waals surface area contributed by atoms with Crippen molar-refractivity contribution in [1.82, 2.24) is 10.2 Å². The van der Waals surface area contributed by atoms with Crippen LogP contribution in [0.3, 0.4) is 0 Å². The normalized spacial score (nSPS) is 12.2. The van der Waals surface area contributed by atoms with E-state index in [1.807, 2.05) is 74.5 Å². The molecular formula is C26H31N3O4S. The van der Waals surface area contributed by atoms with Crippen molar-refractivity contribution >= 4 is 38.3 Å². The number of anilines is 1. The molecule has 0 saturated heterocycles. The van der Waals surface area contributed by atoms with Crippen molar-refractivity contribution in [2.75, 3.05) is 23.7 Å². The Morgan fingerprint density at radius 1 is 0.912 bits per heavy atom. The molecule has 3 aromatic carbocycles. The summed E-state index contributed by atoms with van der Waals surface area (Å²) in [6.45, 7) is 3.89. The van der Waals surface area contributed by atoms with E-state index in [2.05, 4.69) is 5.32 Å². The van der Waals surface area contributed by atoms with Gasteiger partial charge < -0.3 is 10.2 Å². The molecule has 3 rings (SSSR count). The van der Waals surface area contributed by atoms with E-state index in [1.165, 1.54) is 4.90 Å². The van der Waals surface area contributed by atoms with E-state index in [0.717, 1.165) is 26.9 Å². The summed E-state index contributed by atoms with van der Waals surface area (Å²) >= 11 is 0. The predicted octanol–water partition coefficient (Wildman–Crippen LogP) is 3.55. The van der Waals surface area contributed by atoms with Crippen molar-refractivity contribution in [1.29, 1.82) is 0 Å². The predicted molar refractivity (Wildman–Crippen MR) is 136 cm³/mol. The summed E-state index contributed by atoms with van der Waals surface area (Å²) in [4.78, 5) is 27.9. The van der Waals surface area contributed by atoms with E-state index in [1.54, 1.807) is 12.1 Å². The smallest absolute Gasteiger partial charge is 0.244 e. The highest BCUT2D eigenvalue weighted by Crippen LogP contribution is 2.28. The van der Waals surface area contributed by atoms with Crippen LogP contribution in [0.4, 0.5) is 5.69 Å². The van der Waals surface area contributed by atoms with Gasteiger partial charge in [-0.25, -0.2) is 8.42 Å². The fourth-order valence-corrected chi connectivity index (χ4v) is 4.87. The van der Waals surface area contributed by atoms with Crippen LogP contribution in [0.1, 0.15) is 25.8 Å². The summed E-state index contributed by atoms with van der Waals surface area (Å²) in [5, 5.41) is 4.39. The van der Waals surface area contributed by atoms with Gasteiger partial charge in [0.25, 0.3) is 0 Å². The minimum atomic E-state index is -3.79. The van der Waals surface area contributed by atoms with Crippen LogP contribution in [-0.4, -0.2) is 50.5 Å². The maximum Gasteiger partial charge on any atom is 0.244 e. The molecule has 34 heavy (non-hydrogen) atoms. The summed E-state index contributed by atoms with van der Waals surface area (Å²) in [5.74, 6) is -0.703. The molecule has 0 saturated carbocycles. The number of likely N-dealkylation sites (N-methyl/N-ethyl adjacent to an activating group) is 1. The quantitative estimate of drug-likeness (QED) is 0.480. The second-order valence-corrected chi connectivity index (χ2v) is 10.0. The zero-order valence-electron chi connectivity index (χ0n) is 19.8. The van der Waals surface area contributed by atoms with Crippen LogP contribution in [0.5, 0.6) is 0 Å². The fourth-order valence-electron chi connectivity index (χ4n) is 4.01. The molecule has 0 aliphatic heterocycles. The number of nitrogens with zero attached hydrogens (tertiary/aromatic N) is 2. The molecule has 8 heteroatoms. The van der Waals surface area contributed by atoms with Crippen molar-refractivity contribution in [3.05, 3.63) is 78.4 Å². The first-order valence-corrected chi connectivity index (χ1v) is 13.2. The SMILES string of the molecule is CCNC(=O)[C@H](CC)N(Cc1ccccc1)C(=O)CN(c1cccc2ccccc12)S(C)(=O)=O. The Bertz CT molecular complexity index is 1240. The molecule has 2 amide bonds. The minimum Gasteiger partial charge on any atom is -0.355 e. The first-order valence-electron chi connectivity index (χ1n) is 11.3. The van der Waals surface area contributed by atoms with Gasteiger partial charge in [-0.3, -0.25) is 13.9 Å². The summed E-state index contributed by atoms with van der Waals surface area (Å²) in [6.07, 6.45) is 1.49. The first kappa shape index (κ1) is 25.2. The van der Waals surface area contributed by atoms with Gasteiger partial charge in [-0.05, 0) is 30.4 Å². The lowest BCUT2D eigenvalue weighted by Gasteiger charge is -2.33. The maximum absolute atomic E-state index is 13.7. The monoisotopic (exact) mass is 481 g/mol. The van der Waals surface area contributed by atoms with Crippen LogP contribution in [0, 0.1) is 0 Å². The molecule has 7 nitrogen and oxygen atoms in total. The van der Waals surface area contributed by atoms with Crippen molar-refractivity contribution in [2.45, 2.75) is 32.9 Å². The molecular weight excluding hydrogens is 450 g/mol. The molecule has 0 fully saturated rings. The zero-order valence-corrected chi connectivity index (χ0v) is 20.6. The lowest BCUT2D eigenvalue weighted by molar-refractivity contribution is -0.140. The first-order chi connectivity index (χ1) is 16.3. The van der Waals surface area contributed by atoms with E-state index in [9.17, 15) is 18.0 Å². The number of benzene rings is 3. The van der Waals surface area contributed by atoms with E-state index in [4.69, 9.17) is 0 Å². The van der Waals surface area contributed by atoms with Crippen LogP contribution in [0.25, 0.3) is 10.8 Å². The van der Waals surface area contributed by atoms with Gasteiger partial charge in [0.1, 0.15) is 12.6 Å². The standard InChI is InChI=1S/C26H31N3O4S/c1-4-23(26(31)27-5-2)28(18-20-12-7-6-8-13-20)25(30)19-29(34(3,32)33)24-17-11-15-21-14-9-10-16-22(21)24/h6-17,23H,4-5,18-19H2,1-3H3,(H,27,31)/t23-/m0/s1. The van der Waals surface area contributed by atoms with Gasteiger partial charge in [-0.2, -0.15) is 0 Å². The van der Waals surface area contributed by atoms with Crippen molar-refractivity contribution in [3.63, 3.8) is 0 Å². The Balaban J connectivity index is 2.01. The van der Waals surface area contributed by atoms with Crippen LogP contribution >= 0.6 is 0 Å². The van der Waals surface area contributed by atoms with Gasteiger partial charge in [-0.1, -0.05) is 73.7 Å². The topological polar surface area (TPSA) is 86.8 Å². The molecule has 180 valence electrons. The lowest BCUT2D eigenvalue weighted by atomic mass is 10.1. The summed E-state index contributed by atoms with van der Waals surface area (Å²) in [7, 11) is -3.79. The lowest BCUT2D eigenvalue weighted by Crippen LogP contribution is -2.52. The number of rotatable bonds is 10. The summed E-state index contributed by atoms with van der Waals surface area (Å²) in [6, 6.07) is 21.4. The van der Waals surface area contributed by atoms with Crippen LogP contribution < -0.4 is 9.62 Å². The number of hydrogen-bond acceptors (Lipinski definition) is 4. The Morgan fingerprint density at radius 3 is 2.21 bits per heavy atom. The number of nitrogens with one attached hydrogen (secondary N) is 1. The van der Waals surface area contributed by atoms with Crippen LogP contribution in [-0.2, 0) is 26.2 Å². The van der Waals surface area contributed by atoms with E-state index in [0.29, 0.717) is 18.7 Å². The highest BCUT2D eigenvalue weighted by atomic mass is 32.2. The van der Waals surface area contributed by atoms with Gasteiger partial charge >= 0.3 is 0 Å². The van der Waals surface area contributed by atoms with Gasteiger partial charge in [0.05, 0.1) is 11.9 Å². The van der Waals surface area contributed by atoms with E-state index in [-0.39, 0.29) is 12.5 Å².